The van der Waals surface area contributed by atoms with Crippen molar-refractivity contribution >= 4 is 163 Å². The van der Waals surface area contributed by atoms with Crippen molar-refractivity contribution in [3.05, 3.63) is 534 Å². The number of benzene rings is 26. The summed E-state index contributed by atoms with van der Waals surface area (Å²) in [5, 5.41) is 29.8. The second-order valence-electron chi connectivity index (χ2n) is 36.4. The van der Waals surface area contributed by atoms with E-state index in [1.54, 1.807) is 0 Å². The van der Waals surface area contributed by atoms with Crippen molar-refractivity contribution in [2.75, 3.05) is 0 Å². The van der Waals surface area contributed by atoms with E-state index in [0.717, 1.165) is 82.5 Å². The van der Waals surface area contributed by atoms with E-state index in [1.165, 1.54) is 192 Å². The Morgan fingerprint density at radius 2 is 0.305 bits per heavy atom. The molecule has 0 bridgehead atoms. The number of furan rings is 3. The Balaban J connectivity index is 0.0000000967. The normalized spacial score (nSPS) is 11.5. The van der Waals surface area contributed by atoms with Crippen LogP contribution in [-0.4, -0.2) is 0 Å². The molecular formula is C138H88O3. The summed E-state index contributed by atoms with van der Waals surface area (Å²) in [5.74, 6) is 0. The molecule has 0 radical (unpaired) electrons. The maximum absolute atomic E-state index is 6.45. The summed E-state index contributed by atoms with van der Waals surface area (Å²) in [7, 11) is 0. The van der Waals surface area contributed by atoms with Crippen molar-refractivity contribution in [2.24, 2.45) is 0 Å². The van der Waals surface area contributed by atoms with E-state index in [0.29, 0.717) is 0 Å². The van der Waals surface area contributed by atoms with Gasteiger partial charge in [-0.25, -0.2) is 0 Å². The van der Waals surface area contributed by atoms with Crippen LogP contribution in [0.1, 0.15) is 0 Å². The third kappa shape index (κ3) is 14.6. The molecule has 0 fully saturated rings. The van der Waals surface area contributed by atoms with E-state index in [-0.39, 0.29) is 0 Å². The summed E-state index contributed by atoms with van der Waals surface area (Å²) >= 11 is 0. The molecule has 3 nitrogen and oxygen atoms in total. The molecule has 0 atom stereocenters. The maximum atomic E-state index is 6.45. The molecule has 658 valence electrons. The van der Waals surface area contributed by atoms with E-state index >= 15 is 0 Å². The Labute approximate surface area is 815 Å². The van der Waals surface area contributed by atoms with Gasteiger partial charge in [-0.2, -0.15) is 0 Å². The highest BCUT2D eigenvalue weighted by Gasteiger charge is 2.25. The van der Waals surface area contributed by atoms with E-state index in [2.05, 4.69) is 497 Å². The molecule has 0 aliphatic carbocycles. The fourth-order valence-electron chi connectivity index (χ4n) is 22.3. The van der Waals surface area contributed by atoms with Gasteiger partial charge in [0, 0.05) is 49.0 Å². The summed E-state index contributed by atoms with van der Waals surface area (Å²) in [6.45, 7) is 0. The molecular weight excluding hydrogens is 1710 g/mol. The first-order valence-electron chi connectivity index (χ1n) is 48.4. The molecule has 29 aromatic rings. The van der Waals surface area contributed by atoms with Crippen molar-refractivity contribution in [3.8, 4) is 111 Å². The monoisotopic (exact) mass is 1790 g/mol. The zero-order valence-electron chi connectivity index (χ0n) is 77.0. The van der Waals surface area contributed by atoms with Crippen molar-refractivity contribution in [3.63, 3.8) is 0 Å². The van der Waals surface area contributed by atoms with E-state index < -0.39 is 0 Å². The summed E-state index contributed by atoms with van der Waals surface area (Å²) < 4.78 is 18.9. The highest BCUT2D eigenvalue weighted by molar-refractivity contribution is 6.28. The molecule has 3 heterocycles. The lowest BCUT2D eigenvalue weighted by atomic mass is 9.85. The molecule has 0 N–H and O–H groups in total. The summed E-state index contributed by atoms with van der Waals surface area (Å²) in [6.07, 6.45) is 0. The first-order valence-corrected chi connectivity index (χ1v) is 48.4. The van der Waals surface area contributed by atoms with Gasteiger partial charge in [0.25, 0.3) is 0 Å². The van der Waals surface area contributed by atoms with E-state index in [9.17, 15) is 0 Å². The second-order valence-corrected chi connectivity index (χ2v) is 36.4. The van der Waals surface area contributed by atoms with Crippen LogP contribution in [-0.2, 0) is 0 Å². The van der Waals surface area contributed by atoms with E-state index in [1.807, 2.05) is 36.4 Å². The van der Waals surface area contributed by atoms with Crippen molar-refractivity contribution < 1.29 is 13.3 Å². The molecule has 26 aromatic carbocycles. The molecule has 0 saturated carbocycles. The molecule has 3 heteroatoms. The minimum Gasteiger partial charge on any atom is -0.456 e. The number of hydrogen-bond acceptors (Lipinski definition) is 3. The largest absolute Gasteiger partial charge is 0.456 e. The van der Waals surface area contributed by atoms with Crippen LogP contribution in [0.2, 0.25) is 0 Å². The van der Waals surface area contributed by atoms with Gasteiger partial charge in [0.15, 0.2) is 0 Å². The van der Waals surface area contributed by atoms with Crippen LogP contribution in [0, 0.1) is 0 Å². The average Bonchev–Trinajstić information content (AvgIpc) is 1.69. The first-order chi connectivity index (χ1) is 70.0. The van der Waals surface area contributed by atoms with Gasteiger partial charge in [0.2, 0.25) is 0 Å². The predicted molar refractivity (Wildman–Crippen MR) is 600 cm³/mol. The van der Waals surface area contributed by atoms with Crippen LogP contribution < -0.4 is 0 Å². The third-order valence-corrected chi connectivity index (χ3v) is 28.5. The number of para-hydroxylation sites is 5. The van der Waals surface area contributed by atoms with Crippen molar-refractivity contribution in [1.29, 1.82) is 0 Å². The van der Waals surface area contributed by atoms with Gasteiger partial charge in [0.1, 0.15) is 33.5 Å². The summed E-state index contributed by atoms with van der Waals surface area (Å²) in [4.78, 5) is 0. The fraction of sp³-hybridized carbons (Fsp3) is 0. The predicted octanol–water partition coefficient (Wildman–Crippen LogP) is 39.5. The highest BCUT2D eigenvalue weighted by atomic mass is 16.3. The molecule has 0 saturated heterocycles. The van der Waals surface area contributed by atoms with Crippen LogP contribution in [0.5, 0.6) is 0 Å². The Kier molecular flexibility index (Phi) is 21.0. The third-order valence-electron chi connectivity index (χ3n) is 28.5. The van der Waals surface area contributed by atoms with Gasteiger partial charge in [-0.15, -0.1) is 0 Å². The number of rotatable bonds is 10. The average molecular weight is 1790 g/mol. The molecule has 29 rings (SSSR count). The fourth-order valence-corrected chi connectivity index (χ4v) is 22.3. The molecule has 0 unspecified atom stereocenters. The summed E-state index contributed by atoms with van der Waals surface area (Å²) in [6, 6.07) is 191. The smallest absolute Gasteiger partial charge is 0.143 e. The van der Waals surface area contributed by atoms with Gasteiger partial charge in [-0.05, 0) is 222 Å². The highest BCUT2D eigenvalue weighted by Crippen LogP contribution is 2.52. The lowest BCUT2D eigenvalue weighted by molar-refractivity contribution is 0.669. The number of hydrogen-bond donors (Lipinski definition) is 0. The van der Waals surface area contributed by atoms with Gasteiger partial charge < -0.3 is 13.3 Å². The minimum atomic E-state index is 0.924. The lowest BCUT2D eigenvalue weighted by Gasteiger charge is -2.18. The molecule has 0 amide bonds. The maximum Gasteiger partial charge on any atom is 0.143 e. The Morgan fingerprint density at radius 3 is 0.652 bits per heavy atom. The van der Waals surface area contributed by atoms with Gasteiger partial charge in [-0.3, -0.25) is 0 Å². The van der Waals surface area contributed by atoms with Crippen LogP contribution in [0.15, 0.2) is 547 Å². The molecule has 3 aromatic heterocycles. The van der Waals surface area contributed by atoms with E-state index in [4.69, 9.17) is 13.3 Å². The second kappa shape index (κ2) is 35.6. The Bertz CT molecular complexity index is 9660. The van der Waals surface area contributed by atoms with Crippen LogP contribution in [0.3, 0.4) is 0 Å². The van der Waals surface area contributed by atoms with Gasteiger partial charge in [0.05, 0.1) is 0 Å². The molecule has 0 aliphatic rings. The van der Waals surface area contributed by atoms with Gasteiger partial charge >= 0.3 is 0 Å². The summed E-state index contributed by atoms with van der Waals surface area (Å²) in [5.41, 5.74) is 30.4. The van der Waals surface area contributed by atoms with Crippen LogP contribution in [0.4, 0.5) is 0 Å². The number of fused-ring (bicyclic) bond motifs is 18. The van der Waals surface area contributed by atoms with Crippen LogP contribution >= 0.6 is 0 Å². The van der Waals surface area contributed by atoms with Crippen molar-refractivity contribution in [2.45, 2.75) is 0 Å². The lowest BCUT2D eigenvalue weighted by Crippen LogP contribution is -1.90. The standard InChI is InChI=1S/C38H24O.C36H24.2C32H20O/c1-2-11-26(12-3-1)36-30-14-4-6-16-32(30)37(33-17-7-5-15-31(33)36)27-23-21-25(22-24-27)28-18-10-19-34-29-13-8-9-20-35(29)39-38(28)34;1-2-12-27(13-3-1)35-31-16-6-8-18-33(31)36(34-19-9-7-17-32(34)35)28-23-21-26(22-24-28)30-20-10-14-25-11-4-5-15-29(25)30;1-2-11-21(12-3-1)30-23-14-4-6-16-25(23)31(26-17-7-5-15-24(26)30)28-19-10-18-27-22-13-8-9-20-29(22)33-32(27)28;1-2-10-21(11-3-1)31-24-13-4-6-15-26(24)32(27-16-7-5-14-25(27)31)22-18-19-30-28(20-22)23-12-8-9-17-29(23)33-30/h1-24H;1-24H;2*1-20H. The SMILES string of the molecule is c1ccc(-c2c3ccccc3c(-c3ccc(-c4cccc5c4oc4ccccc45)cc3)c3ccccc23)cc1.c1ccc(-c2c3ccccc3c(-c3ccc(-c4cccc5ccccc45)cc3)c3ccccc23)cc1.c1ccc(-c2c3ccccc3c(-c3ccc4oc5ccccc5c4c3)c3ccccc23)cc1.c1ccc(-c2c3ccccc3c(-c3cccc4c3oc3ccccc34)c3ccccc23)cc1. The molecule has 141 heavy (non-hydrogen) atoms. The van der Waals surface area contributed by atoms with Gasteiger partial charge in [-0.1, -0.05) is 504 Å². The minimum absolute atomic E-state index is 0.924. The quantitative estimate of drug-likeness (QED) is 0.128. The van der Waals surface area contributed by atoms with Crippen LogP contribution in [0.25, 0.3) is 274 Å². The zero-order valence-corrected chi connectivity index (χ0v) is 77.0. The van der Waals surface area contributed by atoms with Crippen molar-refractivity contribution in [1.82, 2.24) is 0 Å². The molecule has 0 spiro atoms. The Hall–Kier alpha value is -18.5. The zero-order chi connectivity index (χ0) is 93.2. The first kappa shape index (κ1) is 83.1. The topological polar surface area (TPSA) is 39.4 Å². The molecule has 0 aliphatic heterocycles. The Morgan fingerprint density at radius 1 is 0.0993 bits per heavy atom.